The molecule has 5 nitrogen and oxygen atoms in total. The molecule has 0 bridgehead atoms. The van der Waals surface area contributed by atoms with Crippen LogP contribution in [0.15, 0.2) is 59.0 Å². The molecule has 0 saturated heterocycles. The molecule has 0 aliphatic carbocycles. The molecule has 9 heteroatoms. The van der Waals surface area contributed by atoms with Crippen LogP contribution in [-0.4, -0.2) is 16.0 Å². The molecule has 3 aromatic carbocycles. The lowest BCUT2D eigenvalue weighted by Crippen LogP contribution is -2.34. The van der Waals surface area contributed by atoms with Crippen molar-refractivity contribution in [2.75, 3.05) is 5.32 Å². The molecule has 0 aliphatic heterocycles. The van der Waals surface area contributed by atoms with Gasteiger partial charge in [-0.1, -0.05) is 41.4 Å². The minimum absolute atomic E-state index is 0.157. The summed E-state index contributed by atoms with van der Waals surface area (Å²) < 4.78 is 6.75. The van der Waals surface area contributed by atoms with Crippen LogP contribution in [0.5, 0.6) is 0 Å². The van der Waals surface area contributed by atoms with Crippen molar-refractivity contribution in [2.24, 2.45) is 0 Å². The van der Waals surface area contributed by atoms with Crippen LogP contribution in [0.1, 0.15) is 20.8 Å². The number of carbonyl (C=O) groups excluding carboxylic acids is 1. The van der Waals surface area contributed by atoms with Gasteiger partial charge in [-0.25, -0.2) is 4.98 Å². The van der Waals surface area contributed by atoms with E-state index in [0.29, 0.717) is 20.8 Å². The summed E-state index contributed by atoms with van der Waals surface area (Å²) in [4.78, 5) is 17.8. The predicted molar refractivity (Wildman–Crippen MR) is 144 cm³/mol. The van der Waals surface area contributed by atoms with Crippen molar-refractivity contribution < 1.29 is 9.21 Å². The van der Waals surface area contributed by atoms with Crippen LogP contribution in [0.4, 0.5) is 5.69 Å². The number of hydrogen-bond acceptors (Lipinski definition) is 5. The molecule has 0 unspecified atom stereocenters. The van der Waals surface area contributed by atoms with Gasteiger partial charge in [0.15, 0.2) is 10.7 Å². The zero-order valence-corrected chi connectivity index (χ0v) is 21.2. The van der Waals surface area contributed by atoms with Gasteiger partial charge in [0.2, 0.25) is 5.89 Å². The van der Waals surface area contributed by atoms with Gasteiger partial charge < -0.3 is 9.73 Å². The van der Waals surface area contributed by atoms with Gasteiger partial charge >= 0.3 is 0 Å². The summed E-state index contributed by atoms with van der Waals surface area (Å²) in [5.41, 5.74) is 5.11. The van der Waals surface area contributed by atoms with Gasteiger partial charge in [0.25, 0.3) is 5.91 Å². The highest BCUT2D eigenvalue weighted by Gasteiger charge is 2.19. The summed E-state index contributed by atoms with van der Waals surface area (Å²) in [6.07, 6.45) is 0. The number of hydrogen-bond donors (Lipinski definition) is 2. The summed E-state index contributed by atoms with van der Waals surface area (Å²) in [6, 6.07) is 17.0. The quantitative estimate of drug-likeness (QED) is 0.235. The normalized spacial score (nSPS) is 11.2. The van der Waals surface area contributed by atoms with Crippen LogP contribution in [0.3, 0.4) is 0 Å². The summed E-state index contributed by atoms with van der Waals surface area (Å²) >= 11 is 19.2. The number of carbonyl (C=O) groups is 1. The first-order chi connectivity index (χ1) is 16.3. The Morgan fingerprint density at radius 2 is 1.88 bits per heavy atom. The largest absolute Gasteiger partial charge is 0.436 e. The molecule has 34 heavy (non-hydrogen) atoms. The number of nitrogens with zero attached hydrogens (tertiary/aromatic N) is 1. The van der Waals surface area contributed by atoms with Gasteiger partial charge in [0.1, 0.15) is 10.4 Å². The SMILES string of the molecule is Cc1ccc2oc(-c3ccc(C)c(NC(=S)NC(=O)c4sc5cc(Cl)ccc5c4Cl)c3)nc2c1. The number of aromatic nitrogens is 1. The highest BCUT2D eigenvalue weighted by atomic mass is 35.5. The van der Waals surface area contributed by atoms with Crippen molar-refractivity contribution in [3.63, 3.8) is 0 Å². The maximum Gasteiger partial charge on any atom is 0.269 e. The van der Waals surface area contributed by atoms with E-state index < -0.39 is 0 Å². The molecule has 5 aromatic rings. The standard InChI is InChI=1S/C25H17Cl2N3O2S2/c1-12-3-8-19-18(9-12)28-24(32-19)14-5-4-13(2)17(10-14)29-25(33)30-23(31)22-21(27)16-7-6-15(26)11-20(16)34-22/h3-11H,1-2H3,(H2,29,30,31,33). The molecule has 0 saturated carbocycles. The topological polar surface area (TPSA) is 67.2 Å². The molecule has 2 aromatic heterocycles. The van der Waals surface area contributed by atoms with E-state index in [1.54, 1.807) is 18.2 Å². The van der Waals surface area contributed by atoms with Gasteiger partial charge in [-0.15, -0.1) is 11.3 Å². The third-order valence-corrected chi connectivity index (χ3v) is 7.40. The minimum atomic E-state index is -0.386. The van der Waals surface area contributed by atoms with Gasteiger partial charge in [-0.2, -0.15) is 0 Å². The average molecular weight is 526 g/mol. The molecule has 5 rings (SSSR count). The summed E-state index contributed by atoms with van der Waals surface area (Å²) in [5, 5.41) is 7.70. The third-order valence-electron chi connectivity index (χ3n) is 5.30. The highest BCUT2D eigenvalue weighted by Crippen LogP contribution is 2.36. The second-order valence-electron chi connectivity index (χ2n) is 7.81. The van der Waals surface area contributed by atoms with E-state index in [4.69, 9.17) is 39.8 Å². The van der Waals surface area contributed by atoms with Crippen molar-refractivity contribution in [3.8, 4) is 11.5 Å². The highest BCUT2D eigenvalue weighted by molar-refractivity contribution is 7.80. The first-order valence-corrected chi connectivity index (χ1v) is 12.2. The Morgan fingerprint density at radius 1 is 1.06 bits per heavy atom. The maximum atomic E-state index is 12.9. The summed E-state index contributed by atoms with van der Waals surface area (Å²) in [5.74, 6) is 0.122. The van der Waals surface area contributed by atoms with Crippen LogP contribution >= 0.6 is 46.8 Å². The number of anilines is 1. The first-order valence-electron chi connectivity index (χ1n) is 10.3. The van der Waals surface area contributed by atoms with Crippen molar-refractivity contribution in [1.82, 2.24) is 10.3 Å². The first kappa shape index (κ1) is 22.8. The zero-order valence-electron chi connectivity index (χ0n) is 18.0. The van der Waals surface area contributed by atoms with E-state index in [1.165, 1.54) is 11.3 Å². The molecule has 0 aliphatic rings. The fourth-order valence-corrected chi connectivity index (χ4v) is 5.44. The molecule has 0 radical (unpaired) electrons. The Labute approximate surface area is 214 Å². The molecule has 0 atom stereocenters. The Kier molecular flexibility index (Phi) is 6.04. The van der Waals surface area contributed by atoms with Crippen LogP contribution in [0.25, 0.3) is 32.6 Å². The number of thiocarbonyl (C=S) groups is 1. The Hall–Kier alpha value is -2.97. The summed E-state index contributed by atoms with van der Waals surface area (Å²) in [7, 11) is 0. The van der Waals surface area contributed by atoms with Gasteiger partial charge in [0.05, 0.1) is 5.02 Å². The van der Waals surface area contributed by atoms with Crippen LogP contribution < -0.4 is 10.6 Å². The number of fused-ring (bicyclic) bond motifs is 2. The van der Waals surface area contributed by atoms with Crippen molar-refractivity contribution in [1.29, 1.82) is 0 Å². The molecule has 1 amide bonds. The van der Waals surface area contributed by atoms with Gasteiger partial charge in [-0.3, -0.25) is 10.1 Å². The molecule has 0 spiro atoms. The lowest BCUT2D eigenvalue weighted by molar-refractivity contribution is 0.0982. The number of nitrogens with one attached hydrogen (secondary N) is 2. The van der Waals surface area contributed by atoms with Crippen molar-refractivity contribution in [3.05, 3.63) is 80.6 Å². The maximum absolute atomic E-state index is 12.9. The number of aryl methyl sites for hydroxylation is 2. The van der Waals surface area contributed by atoms with Crippen molar-refractivity contribution >= 4 is 84.6 Å². The van der Waals surface area contributed by atoms with Gasteiger partial charge in [0, 0.05) is 26.4 Å². The zero-order chi connectivity index (χ0) is 24.0. The summed E-state index contributed by atoms with van der Waals surface area (Å²) in [6.45, 7) is 3.96. The van der Waals surface area contributed by atoms with Crippen LogP contribution in [0.2, 0.25) is 10.0 Å². The molecule has 0 fully saturated rings. The molecule has 170 valence electrons. The minimum Gasteiger partial charge on any atom is -0.436 e. The number of rotatable bonds is 3. The number of halogens is 2. The van der Waals surface area contributed by atoms with E-state index in [1.807, 2.05) is 50.2 Å². The van der Waals surface area contributed by atoms with Crippen molar-refractivity contribution in [2.45, 2.75) is 13.8 Å². The average Bonchev–Trinajstić information content (AvgIpc) is 3.35. The molecule has 2 heterocycles. The fourth-order valence-electron chi connectivity index (χ4n) is 3.55. The Balaban J connectivity index is 1.36. The monoisotopic (exact) mass is 525 g/mol. The van der Waals surface area contributed by atoms with E-state index in [-0.39, 0.29) is 11.0 Å². The number of benzene rings is 3. The molecular formula is C25H17Cl2N3O2S2. The number of oxazole rings is 1. The predicted octanol–water partition coefficient (Wildman–Crippen LogP) is 7.76. The second kappa shape index (κ2) is 9.00. The fraction of sp³-hybridized carbons (Fsp3) is 0.0800. The smallest absolute Gasteiger partial charge is 0.269 e. The second-order valence-corrected chi connectivity index (χ2v) is 10.1. The Morgan fingerprint density at radius 3 is 2.71 bits per heavy atom. The van der Waals surface area contributed by atoms with Crippen LogP contribution in [0, 0.1) is 13.8 Å². The third kappa shape index (κ3) is 4.40. The van der Waals surface area contributed by atoms with E-state index in [2.05, 4.69) is 15.6 Å². The van der Waals surface area contributed by atoms with E-state index >= 15 is 0 Å². The lowest BCUT2D eigenvalue weighted by Gasteiger charge is -2.12. The van der Waals surface area contributed by atoms with Gasteiger partial charge in [-0.05, 0) is 73.6 Å². The molecule has 2 N–H and O–H groups in total. The number of thiophene rings is 1. The number of amides is 1. The lowest BCUT2D eigenvalue weighted by atomic mass is 10.1. The van der Waals surface area contributed by atoms with Crippen LogP contribution in [-0.2, 0) is 0 Å². The Bertz CT molecular complexity index is 1610. The van der Waals surface area contributed by atoms with E-state index in [9.17, 15) is 4.79 Å². The molecular weight excluding hydrogens is 509 g/mol. The van der Waals surface area contributed by atoms with E-state index in [0.717, 1.165) is 43.6 Å².